The normalized spacial score (nSPS) is 11.7. The Hall–Kier alpha value is -0.970. The number of aromatic amines is 1. The lowest BCUT2D eigenvalue weighted by molar-refractivity contribution is -0.141. The van der Waals surface area contributed by atoms with Gasteiger partial charge in [0.1, 0.15) is 5.69 Å². The Morgan fingerprint density at radius 3 is 2.46 bits per heavy atom. The van der Waals surface area contributed by atoms with E-state index in [-0.39, 0.29) is 11.4 Å². The molecule has 0 spiro atoms. The van der Waals surface area contributed by atoms with Gasteiger partial charge < -0.3 is 4.98 Å². The lowest BCUT2D eigenvalue weighted by atomic mass is 10.2. The molecule has 0 saturated heterocycles. The maximum atomic E-state index is 12.2. The van der Waals surface area contributed by atoms with E-state index < -0.39 is 17.4 Å². The summed E-state index contributed by atoms with van der Waals surface area (Å²) in [4.78, 5) is 12.3. The van der Waals surface area contributed by atoms with Crippen LogP contribution in [0.15, 0.2) is 16.9 Å². The molecular weight excluding hydrogens is 207 g/mol. The maximum Gasteiger partial charge on any atom is 0.431 e. The van der Waals surface area contributed by atoms with Crippen LogP contribution in [0.1, 0.15) is 11.3 Å². The predicted molar refractivity (Wildman–Crippen MR) is 41.6 cm³/mol. The van der Waals surface area contributed by atoms with Gasteiger partial charge in [0, 0.05) is 11.9 Å². The first-order valence-electron chi connectivity index (χ1n) is 3.30. The van der Waals surface area contributed by atoms with Gasteiger partial charge in [-0.3, -0.25) is 4.79 Å². The molecule has 0 fully saturated rings. The summed E-state index contributed by atoms with van der Waals surface area (Å²) in [6, 6.07) is 2.07. The first-order valence-corrected chi connectivity index (χ1v) is 3.84. The molecule has 13 heavy (non-hydrogen) atoms. The fraction of sp³-hybridized carbons (Fsp3) is 0.286. The van der Waals surface area contributed by atoms with Crippen LogP contribution >= 0.6 is 11.6 Å². The molecule has 2 nitrogen and oxygen atoms in total. The summed E-state index contributed by atoms with van der Waals surface area (Å²) in [6.07, 6.45) is -4.56. The molecule has 0 aromatic carbocycles. The van der Waals surface area contributed by atoms with Gasteiger partial charge >= 0.3 is 6.18 Å². The summed E-state index contributed by atoms with van der Waals surface area (Å²) >= 11 is 5.27. The minimum absolute atomic E-state index is 0.131. The van der Waals surface area contributed by atoms with Crippen molar-refractivity contribution in [2.24, 2.45) is 0 Å². The van der Waals surface area contributed by atoms with Crippen LogP contribution in [0.25, 0.3) is 0 Å². The van der Waals surface area contributed by atoms with Gasteiger partial charge in [-0.1, -0.05) is 6.07 Å². The van der Waals surface area contributed by atoms with Gasteiger partial charge in [-0.15, -0.1) is 11.6 Å². The van der Waals surface area contributed by atoms with Gasteiger partial charge in [0.15, 0.2) is 0 Å². The minimum atomic E-state index is -4.56. The average Bonchev–Trinajstić information content (AvgIpc) is 2.03. The lowest BCUT2D eigenvalue weighted by Gasteiger charge is -2.09. The van der Waals surface area contributed by atoms with E-state index in [9.17, 15) is 18.0 Å². The van der Waals surface area contributed by atoms with E-state index in [1.165, 1.54) is 0 Å². The molecule has 0 unspecified atom stereocenters. The standard InChI is InChI=1S/C7H5ClF3NO/c8-3-4-1-2-5(13)12-6(4)7(9,10)11/h1-2H,3H2,(H,12,13). The molecule has 0 saturated carbocycles. The number of nitrogens with one attached hydrogen (secondary N) is 1. The van der Waals surface area contributed by atoms with Gasteiger partial charge in [-0.2, -0.15) is 13.2 Å². The molecule has 1 rings (SSSR count). The van der Waals surface area contributed by atoms with Gasteiger partial charge in [-0.25, -0.2) is 0 Å². The molecule has 1 N–H and O–H groups in total. The SMILES string of the molecule is O=c1ccc(CCl)c(C(F)(F)F)[nH]1. The topological polar surface area (TPSA) is 32.9 Å². The van der Waals surface area contributed by atoms with Crippen LogP contribution in [0, 0.1) is 0 Å². The molecule has 0 aliphatic rings. The fourth-order valence-electron chi connectivity index (χ4n) is 0.869. The molecule has 0 aliphatic heterocycles. The van der Waals surface area contributed by atoms with Crippen LogP contribution in [0.2, 0.25) is 0 Å². The quantitative estimate of drug-likeness (QED) is 0.710. The van der Waals surface area contributed by atoms with Crippen molar-refractivity contribution in [3.8, 4) is 0 Å². The van der Waals surface area contributed by atoms with Crippen molar-refractivity contribution in [3.63, 3.8) is 0 Å². The summed E-state index contributed by atoms with van der Waals surface area (Å²) in [6.45, 7) is 0. The lowest BCUT2D eigenvalue weighted by Crippen LogP contribution is -2.17. The second-order valence-corrected chi connectivity index (χ2v) is 2.62. The van der Waals surface area contributed by atoms with Crippen molar-refractivity contribution in [2.45, 2.75) is 12.1 Å². The van der Waals surface area contributed by atoms with Crippen LogP contribution in [0.4, 0.5) is 13.2 Å². The summed E-state index contributed by atoms with van der Waals surface area (Å²) in [5.41, 5.74) is -2.00. The largest absolute Gasteiger partial charge is 0.431 e. The highest BCUT2D eigenvalue weighted by atomic mass is 35.5. The van der Waals surface area contributed by atoms with E-state index >= 15 is 0 Å². The molecule has 1 heterocycles. The molecule has 6 heteroatoms. The second-order valence-electron chi connectivity index (χ2n) is 2.35. The molecule has 0 aliphatic carbocycles. The number of hydrogen-bond donors (Lipinski definition) is 1. The van der Waals surface area contributed by atoms with Crippen LogP contribution in [0.3, 0.4) is 0 Å². The van der Waals surface area contributed by atoms with Gasteiger partial charge in [0.25, 0.3) is 0 Å². The number of aromatic nitrogens is 1. The molecule has 0 atom stereocenters. The number of pyridine rings is 1. The Morgan fingerprint density at radius 1 is 1.38 bits per heavy atom. The molecule has 1 aromatic rings. The zero-order chi connectivity index (χ0) is 10.1. The van der Waals surface area contributed by atoms with Crippen LogP contribution in [-0.2, 0) is 12.1 Å². The second kappa shape index (κ2) is 3.41. The Balaban J connectivity index is 3.32. The monoisotopic (exact) mass is 211 g/mol. The fourth-order valence-corrected chi connectivity index (χ4v) is 1.09. The molecular formula is C7H5ClF3NO. The predicted octanol–water partition coefficient (Wildman–Crippen LogP) is 2.13. The third-order valence-corrected chi connectivity index (χ3v) is 1.72. The molecule has 72 valence electrons. The first kappa shape index (κ1) is 10.1. The highest BCUT2D eigenvalue weighted by Crippen LogP contribution is 2.29. The van der Waals surface area contributed by atoms with Crippen molar-refractivity contribution < 1.29 is 13.2 Å². The minimum Gasteiger partial charge on any atom is -0.318 e. The van der Waals surface area contributed by atoms with E-state index in [0.29, 0.717) is 0 Å². The van der Waals surface area contributed by atoms with Crippen LogP contribution in [-0.4, -0.2) is 4.98 Å². The highest BCUT2D eigenvalue weighted by Gasteiger charge is 2.34. The first-order chi connectivity index (χ1) is 5.95. The summed E-state index contributed by atoms with van der Waals surface area (Å²) < 4.78 is 36.6. The van der Waals surface area contributed by atoms with Crippen LogP contribution in [0.5, 0.6) is 0 Å². The average molecular weight is 212 g/mol. The third kappa shape index (κ3) is 2.24. The maximum absolute atomic E-state index is 12.2. The van der Waals surface area contributed by atoms with E-state index in [1.807, 2.05) is 0 Å². The van der Waals surface area contributed by atoms with E-state index in [4.69, 9.17) is 11.6 Å². The highest BCUT2D eigenvalue weighted by molar-refractivity contribution is 6.17. The number of alkyl halides is 4. The van der Waals surface area contributed by atoms with Gasteiger partial charge in [0.05, 0.1) is 0 Å². The third-order valence-electron chi connectivity index (χ3n) is 1.43. The Labute approximate surface area is 76.3 Å². The Morgan fingerprint density at radius 2 is 2.00 bits per heavy atom. The molecule has 1 aromatic heterocycles. The van der Waals surface area contributed by atoms with Crippen LogP contribution < -0.4 is 5.56 Å². The molecule has 0 bridgehead atoms. The zero-order valence-electron chi connectivity index (χ0n) is 6.28. The van der Waals surface area contributed by atoms with E-state index in [1.54, 1.807) is 4.98 Å². The molecule has 0 amide bonds. The van der Waals surface area contributed by atoms with Gasteiger partial charge in [0.2, 0.25) is 5.56 Å². The van der Waals surface area contributed by atoms with Crippen molar-refractivity contribution in [1.82, 2.24) is 4.98 Å². The summed E-state index contributed by atoms with van der Waals surface area (Å²) in [7, 11) is 0. The zero-order valence-corrected chi connectivity index (χ0v) is 7.04. The molecule has 0 radical (unpaired) electrons. The summed E-state index contributed by atoms with van der Waals surface area (Å²) in [5, 5.41) is 0. The Kier molecular flexibility index (Phi) is 2.66. The van der Waals surface area contributed by atoms with E-state index in [0.717, 1.165) is 12.1 Å². The number of rotatable bonds is 1. The van der Waals surface area contributed by atoms with Crippen molar-refractivity contribution >= 4 is 11.6 Å². The van der Waals surface area contributed by atoms with Crippen molar-refractivity contribution in [2.75, 3.05) is 0 Å². The smallest absolute Gasteiger partial charge is 0.318 e. The van der Waals surface area contributed by atoms with Gasteiger partial charge in [-0.05, 0) is 5.56 Å². The van der Waals surface area contributed by atoms with Crippen molar-refractivity contribution in [3.05, 3.63) is 33.7 Å². The number of hydrogen-bond acceptors (Lipinski definition) is 1. The number of halogens is 4. The van der Waals surface area contributed by atoms with E-state index in [2.05, 4.69) is 0 Å². The summed E-state index contributed by atoms with van der Waals surface area (Å²) in [5.74, 6) is -0.286. The van der Waals surface area contributed by atoms with Crippen molar-refractivity contribution in [1.29, 1.82) is 0 Å². The Bertz CT molecular complexity index is 357. The number of H-pyrrole nitrogens is 1.